The molecule has 1 rings (SSSR count). The largest absolute Gasteiger partial charge is 0.491 e. The molecule has 0 saturated carbocycles. The predicted octanol–water partition coefficient (Wildman–Crippen LogP) is 5.15. The van der Waals surface area contributed by atoms with E-state index in [9.17, 15) is 0 Å². The van der Waals surface area contributed by atoms with Crippen molar-refractivity contribution >= 4 is 47.8 Å². The van der Waals surface area contributed by atoms with E-state index in [4.69, 9.17) is 4.74 Å². The Morgan fingerprint density at radius 2 is 1.71 bits per heavy atom. The van der Waals surface area contributed by atoms with Gasteiger partial charge in [0.05, 0.1) is 15.6 Å². The molecule has 1 aromatic carbocycles. The Bertz CT molecular complexity index is 289. The summed E-state index contributed by atoms with van der Waals surface area (Å²) in [7, 11) is 0. The maximum atomic E-state index is 5.65. The lowest BCUT2D eigenvalue weighted by Gasteiger charge is -2.10. The van der Waals surface area contributed by atoms with Crippen LogP contribution in [0.1, 0.15) is 19.8 Å². The van der Waals surface area contributed by atoms with E-state index in [1.54, 1.807) is 0 Å². The molecule has 0 saturated heterocycles. The highest BCUT2D eigenvalue weighted by atomic mass is 79.9. The molecular weight excluding hydrogens is 376 g/mol. The molecule has 0 radical (unpaired) electrons. The first-order valence-electron chi connectivity index (χ1n) is 4.42. The first kappa shape index (κ1) is 12.5. The predicted molar refractivity (Wildman–Crippen MR) is 69.9 cm³/mol. The van der Waals surface area contributed by atoms with E-state index in [2.05, 4.69) is 54.7 Å². The second-order valence-electron chi connectivity index (χ2n) is 2.90. The van der Waals surface area contributed by atoms with Crippen molar-refractivity contribution in [3.63, 3.8) is 0 Å². The minimum Gasteiger partial charge on any atom is -0.491 e. The third-order valence-corrected chi connectivity index (χ3v) is 3.34. The van der Waals surface area contributed by atoms with E-state index >= 15 is 0 Å². The first-order valence-corrected chi connectivity index (χ1v) is 6.80. The van der Waals surface area contributed by atoms with E-state index in [0.717, 1.165) is 38.6 Å². The molecule has 0 fully saturated rings. The molecule has 0 aromatic heterocycles. The van der Waals surface area contributed by atoms with Gasteiger partial charge in [0.2, 0.25) is 0 Å². The number of unbranched alkanes of at least 4 members (excludes halogenated alkanes) is 1. The van der Waals surface area contributed by atoms with Crippen molar-refractivity contribution in [2.75, 3.05) is 6.61 Å². The van der Waals surface area contributed by atoms with Crippen LogP contribution in [0.4, 0.5) is 0 Å². The summed E-state index contributed by atoms with van der Waals surface area (Å²) in [6.45, 7) is 2.91. The van der Waals surface area contributed by atoms with Crippen LogP contribution in [-0.4, -0.2) is 6.61 Å². The normalized spacial score (nSPS) is 10.3. The maximum Gasteiger partial charge on any atom is 0.147 e. The Morgan fingerprint density at radius 3 is 2.21 bits per heavy atom. The third-order valence-electron chi connectivity index (χ3n) is 1.71. The van der Waals surface area contributed by atoms with Gasteiger partial charge in [0.25, 0.3) is 0 Å². The zero-order valence-electron chi connectivity index (χ0n) is 7.82. The van der Waals surface area contributed by atoms with Gasteiger partial charge in [-0.1, -0.05) is 29.3 Å². The van der Waals surface area contributed by atoms with E-state index in [0.29, 0.717) is 0 Å². The van der Waals surface area contributed by atoms with Gasteiger partial charge in [-0.25, -0.2) is 0 Å². The molecule has 78 valence electrons. The van der Waals surface area contributed by atoms with Gasteiger partial charge in [-0.05, 0) is 50.4 Å². The molecule has 1 nitrogen and oxygen atoms in total. The fraction of sp³-hybridized carbons (Fsp3) is 0.400. The van der Waals surface area contributed by atoms with E-state index in [1.807, 2.05) is 12.1 Å². The van der Waals surface area contributed by atoms with Crippen molar-refractivity contribution in [3.05, 3.63) is 25.6 Å². The summed E-state index contributed by atoms with van der Waals surface area (Å²) in [4.78, 5) is 0. The highest BCUT2D eigenvalue weighted by Gasteiger charge is 2.07. The van der Waals surface area contributed by atoms with Crippen molar-refractivity contribution < 1.29 is 4.74 Å². The van der Waals surface area contributed by atoms with Crippen LogP contribution >= 0.6 is 47.8 Å². The van der Waals surface area contributed by atoms with Crippen LogP contribution in [0.2, 0.25) is 0 Å². The van der Waals surface area contributed by atoms with Crippen LogP contribution in [0.5, 0.6) is 5.75 Å². The van der Waals surface area contributed by atoms with Crippen molar-refractivity contribution in [1.29, 1.82) is 0 Å². The SMILES string of the molecule is CCCCOc1c(Br)cc(Br)cc1Br. The van der Waals surface area contributed by atoms with Gasteiger partial charge in [-0.2, -0.15) is 0 Å². The molecule has 0 aliphatic rings. The number of hydrogen-bond acceptors (Lipinski definition) is 1. The number of rotatable bonds is 4. The highest BCUT2D eigenvalue weighted by molar-refractivity contribution is 9.11. The quantitative estimate of drug-likeness (QED) is 0.650. The fourth-order valence-corrected chi connectivity index (χ4v) is 3.47. The highest BCUT2D eigenvalue weighted by Crippen LogP contribution is 2.36. The van der Waals surface area contributed by atoms with Gasteiger partial charge in [0.1, 0.15) is 5.75 Å². The van der Waals surface area contributed by atoms with Crippen LogP contribution in [-0.2, 0) is 0 Å². The molecule has 0 N–H and O–H groups in total. The summed E-state index contributed by atoms with van der Waals surface area (Å²) in [5, 5.41) is 0. The molecule has 0 atom stereocenters. The molecule has 0 amide bonds. The molecule has 4 heteroatoms. The monoisotopic (exact) mass is 384 g/mol. The molecule has 0 unspecified atom stereocenters. The molecule has 0 aliphatic heterocycles. The molecule has 0 bridgehead atoms. The van der Waals surface area contributed by atoms with Crippen LogP contribution in [0.25, 0.3) is 0 Å². The molecule has 14 heavy (non-hydrogen) atoms. The van der Waals surface area contributed by atoms with Crippen molar-refractivity contribution in [1.82, 2.24) is 0 Å². The Kier molecular flexibility index (Phi) is 5.49. The second kappa shape index (κ2) is 6.13. The Morgan fingerprint density at radius 1 is 1.14 bits per heavy atom. The number of ether oxygens (including phenoxy) is 1. The van der Waals surface area contributed by atoms with Crippen LogP contribution in [0, 0.1) is 0 Å². The van der Waals surface area contributed by atoms with Gasteiger partial charge in [-0.15, -0.1) is 0 Å². The minimum atomic E-state index is 0.759. The maximum absolute atomic E-state index is 5.65. The van der Waals surface area contributed by atoms with Crippen molar-refractivity contribution in [3.8, 4) is 5.75 Å². The summed E-state index contributed by atoms with van der Waals surface area (Å²) in [5.41, 5.74) is 0. The third kappa shape index (κ3) is 3.55. The lowest BCUT2D eigenvalue weighted by molar-refractivity contribution is 0.305. The molecule has 0 aliphatic carbocycles. The van der Waals surface area contributed by atoms with Gasteiger partial charge in [-0.3, -0.25) is 0 Å². The van der Waals surface area contributed by atoms with Crippen LogP contribution in [0.15, 0.2) is 25.6 Å². The van der Waals surface area contributed by atoms with E-state index in [1.165, 1.54) is 0 Å². The zero-order chi connectivity index (χ0) is 10.6. The summed E-state index contributed by atoms with van der Waals surface area (Å²) in [6.07, 6.45) is 2.22. The van der Waals surface area contributed by atoms with Gasteiger partial charge < -0.3 is 4.74 Å². The zero-order valence-corrected chi connectivity index (χ0v) is 12.6. The fourth-order valence-electron chi connectivity index (χ4n) is 0.985. The van der Waals surface area contributed by atoms with Crippen molar-refractivity contribution in [2.45, 2.75) is 19.8 Å². The Hall–Kier alpha value is 0.460. The van der Waals surface area contributed by atoms with Crippen molar-refractivity contribution in [2.24, 2.45) is 0 Å². The standard InChI is InChI=1S/C10H11Br3O/c1-2-3-4-14-10-8(12)5-7(11)6-9(10)13/h5-6H,2-4H2,1H3. The Balaban J connectivity index is 2.75. The molecule has 0 spiro atoms. The summed E-state index contributed by atoms with van der Waals surface area (Å²) < 4.78 is 8.61. The van der Waals surface area contributed by atoms with Crippen LogP contribution < -0.4 is 4.74 Å². The smallest absolute Gasteiger partial charge is 0.147 e. The molecule has 1 aromatic rings. The summed E-state index contributed by atoms with van der Waals surface area (Å²) in [5.74, 6) is 0.877. The van der Waals surface area contributed by atoms with Crippen LogP contribution in [0.3, 0.4) is 0 Å². The minimum absolute atomic E-state index is 0.759. The summed E-state index contributed by atoms with van der Waals surface area (Å²) in [6, 6.07) is 3.96. The average Bonchev–Trinajstić information content (AvgIpc) is 2.09. The number of hydrogen-bond donors (Lipinski definition) is 0. The van der Waals surface area contributed by atoms with Gasteiger partial charge in [0.15, 0.2) is 0 Å². The first-order chi connectivity index (χ1) is 6.65. The van der Waals surface area contributed by atoms with E-state index in [-0.39, 0.29) is 0 Å². The molecular formula is C10H11Br3O. The van der Waals surface area contributed by atoms with Gasteiger partial charge >= 0.3 is 0 Å². The molecule has 0 heterocycles. The Labute approximate surface area is 110 Å². The summed E-state index contributed by atoms with van der Waals surface area (Å²) >= 11 is 10.3. The van der Waals surface area contributed by atoms with E-state index < -0.39 is 0 Å². The lowest BCUT2D eigenvalue weighted by atomic mass is 10.3. The second-order valence-corrected chi connectivity index (χ2v) is 5.52. The average molecular weight is 387 g/mol. The number of halogens is 3. The topological polar surface area (TPSA) is 9.23 Å². The lowest BCUT2D eigenvalue weighted by Crippen LogP contribution is -1.97. The number of benzene rings is 1. The van der Waals surface area contributed by atoms with Gasteiger partial charge in [0, 0.05) is 4.47 Å².